The molecule has 4 heteroatoms. The summed E-state index contributed by atoms with van der Waals surface area (Å²) in [6.45, 7) is 6.47. The number of ether oxygens (including phenoxy) is 1. The highest BCUT2D eigenvalue weighted by molar-refractivity contribution is 7.80. The molecule has 0 aliphatic carbocycles. The number of thiocarbonyl (C=S) groups is 1. The van der Waals surface area contributed by atoms with E-state index in [4.69, 9.17) is 22.7 Å². The molecule has 3 nitrogen and oxygen atoms in total. The molecule has 0 rings (SSSR count). The van der Waals surface area contributed by atoms with Gasteiger partial charge >= 0.3 is 0 Å². The summed E-state index contributed by atoms with van der Waals surface area (Å²) in [6, 6.07) is 0. The molecule has 0 spiro atoms. The maximum atomic E-state index is 5.48. The lowest BCUT2D eigenvalue weighted by molar-refractivity contribution is 0.0506. The number of rotatable bonds is 5. The Morgan fingerprint density at radius 2 is 2.23 bits per heavy atom. The van der Waals surface area contributed by atoms with Crippen molar-refractivity contribution in [3.63, 3.8) is 0 Å². The van der Waals surface area contributed by atoms with E-state index in [-0.39, 0.29) is 6.23 Å². The topological polar surface area (TPSA) is 47.3 Å². The van der Waals surface area contributed by atoms with E-state index in [1.807, 2.05) is 13.8 Å². The molecule has 0 saturated heterocycles. The predicted octanol–water partition coefficient (Wildman–Crippen LogP) is 1.54. The van der Waals surface area contributed by atoms with Gasteiger partial charge in [0.1, 0.15) is 11.2 Å². The van der Waals surface area contributed by atoms with Crippen LogP contribution in [0.25, 0.3) is 0 Å². The molecular weight excluding hydrogens is 184 g/mol. The summed E-state index contributed by atoms with van der Waals surface area (Å²) < 4.78 is 5.37. The molecule has 0 amide bonds. The van der Waals surface area contributed by atoms with Crippen molar-refractivity contribution >= 4 is 17.2 Å². The fraction of sp³-hybridized carbons (Fsp3) is 0.667. The van der Waals surface area contributed by atoms with Gasteiger partial charge < -0.3 is 15.8 Å². The number of hydrogen-bond acceptors (Lipinski definition) is 3. The first-order valence-electron chi connectivity index (χ1n) is 4.46. The highest BCUT2D eigenvalue weighted by Gasteiger charge is 2.04. The Kier molecular flexibility index (Phi) is 6.54. The summed E-state index contributed by atoms with van der Waals surface area (Å²) in [5, 5.41) is 3.05. The highest BCUT2D eigenvalue weighted by atomic mass is 32.1. The molecule has 76 valence electrons. The summed E-state index contributed by atoms with van der Waals surface area (Å²) in [4.78, 5) is 0.625. The van der Waals surface area contributed by atoms with Gasteiger partial charge in [-0.1, -0.05) is 19.1 Å². The van der Waals surface area contributed by atoms with Gasteiger partial charge in [0, 0.05) is 12.3 Å². The first-order chi connectivity index (χ1) is 6.10. The lowest BCUT2D eigenvalue weighted by Gasteiger charge is -2.17. The Morgan fingerprint density at radius 3 is 2.62 bits per heavy atom. The minimum Gasteiger partial charge on any atom is -0.402 e. The Labute approximate surface area is 85.3 Å². The number of nitrogens with one attached hydrogen (secondary N) is 1. The van der Waals surface area contributed by atoms with Gasteiger partial charge in [0.15, 0.2) is 0 Å². The van der Waals surface area contributed by atoms with E-state index < -0.39 is 0 Å². The van der Waals surface area contributed by atoms with Gasteiger partial charge in [-0.05, 0) is 26.3 Å². The maximum Gasteiger partial charge on any atom is 0.127 e. The monoisotopic (exact) mass is 202 g/mol. The van der Waals surface area contributed by atoms with Crippen molar-refractivity contribution in [3.05, 3.63) is 11.8 Å². The molecule has 1 unspecified atom stereocenters. The van der Waals surface area contributed by atoms with E-state index in [0.717, 1.165) is 6.42 Å². The third-order valence-corrected chi connectivity index (χ3v) is 1.64. The Bertz CT molecular complexity index is 188. The maximum absolute atomic E-state index is 5.48. The van der Waals surface area contributed by atoms with Crippen LogP contribution in [0.2, 0.25) is 0 Å². The standard InChI is InChI=1S/C9H18N2OS/c1-4-8(12-5-2)11-9(13)6-7(3)10/h6,8H,4-5,10H2,1-3H3,(H,11,13). The van der Waals surface area contributed by atoms with Crippen molar-refractivity contribution in [1.82, 2.24) is 5.32 Å². The molecule has 0 fully saturated rings. The average Bonchev–Trinajstić information content (AvgIpc) is 2.02. The van der Waals surface area contributed by atoms with E-state index >= 15 is 0 Å². The van der Waals surface area contributed by atoms with Crippen molar-refractivity contribution in [2.24, 2.45) is 5.73 Å². The second-order valence-electron chi connectivity index (χ2n) is 2.75. The van der Waals surface area contributed by atoms with Crippen LogP contribution in [0, 0.1) is 0 Å². The van der Waals surface area contributed by atoms with Gasteiger partial charge in [0.2, 0.25) is 0 Å². The summed E-state index contributed by atoms with van der Waals surface area (Å²) in [7, 11) is 0. The van der Waals surface area contributed by atoms with Crippen LogP contribution in [0.3, 0.4) is 0 Å². The molecule has 0 bridgehead atoms. The quantitative estimate of drug-likeness (QED) is 0.403. The van der Waals surface area contributed by atoms with Crippen molar-refractivity contribution < 1.29 is 4.74 Å². The average molecular weight is 202 g/mol. The van der Waals surface area contributed by atoms with Crippen LogP contribution < -0.4 is 11.1 Å². The highest BCUT2D eigenvalue weighted by Crippen LogP contribution is 1.94. The molecule has 1 atom stereocenters. The molecule has 3 N–H and O–H groups in total. The van der Waals surface area contributed by atoms with Crippen molar-refractivity contribution in [3.8, 4) is 0 Å². The summed E-state index contributed by atoms with van der Waals surface area (Å²) >= 11 is 5.04. The molecule has 0 aromatic carbocycles. The minimum absolute atomic E-state index is 0.00639. The zero-order valence-electron chi connectivity index (χ0n) is 8.46. The zero-order chi connectivity index (χ0) is 10.3. The van der Waals surface area contributed by atoms with Crippen LogP contribution in [0.1, 0.15) is 27.2 Å². The van der Waals surface area contributed by atoms with Crippen LogP contribution in [0.5, 0.6) is 0 Å². The third-order valence-electron chi connectivity index (χ3n) is 1.40. The van der Waals surface area contributed by atoms with Crippen LogP contribution in [0.15, 0.2) is 11.8 Å². The second kappa shape index (κ2) is 6.86. The molecule has 0 saturated carbocycles. The summed E-state index contributed by atoms with van der Waals surface area (Å²) in [5.41, 5.74) is 6.18. The first kappa shape index (κ1) is 12.4. The van der Waals surface area contributed by atoms with Gasteiger partial charge in [0.05, 0.1) is 0 Å². The first-order valence-corrected chi connectivity index (χ1v) is 4.86. The fourth-order valence-corrected chi connectivity index (χ4v) is 1.19. The molecule has 0 heterocycles. The van der Waals surface area contributed by atoms with Crippen LogP contribution >= 0.6 is 12.2 Å². The minimum atomic E-state index is -0.00639. The largest absolute Gasteiger partial charge is 0.402 e. The summed E-state index contributed by atoms with van der Waals surface area (Å²) in [6.07, 6.45) is 2.59. The van der Waals surface area contributed by atoms with Gasteiger partial charge in [-0.3, -0.25) is 0 Å². The SMILES string of the molecule is CCOC(CC)NC(=S)C=C(C)N. The zero-order valence-corrected chi connectivity index (χ0v) is 9.28. The van der Waals surface area contributed by atoms with Crippen LogP contribution in [-0.2, 0) is 4.74 Å². The number of allylic oxidation sites excluding steroid dienone is 1. The molecule has 0 aromatic heterocycles. The number of hydrogen-bond donors (Lipinski definition) is 2. The third kappa shape index (κ3) is 6.54. The second-order valence-corrected chi connectivity index (χ2v) is 3.19. The van der Waals surface area contributed by atoms with Crippen molar-refractivity contribution in [1.29, 1.82) is 0 Å². The molecule has 0 aliphatic rings. The van der Waals surface area contributed by atoms with Crippen molar-refractivity contribution in [2.45, 2.75) is 33.4 Å². The fourth-order valence-electron chi connectivity index (χ4n) is 0.870. The van der Waals surface area contributed by atoms with E-state index in [1.54, 1.807) is 13.0 Å². The van der Waals surface area contributed by atoms with E-state index in [1.165, 1.54) is 0 Å². The summed E-state index contributed by atoms with van der Waals surface area (Å²) in [5.74, 6) is 0. The number of nitrogens with two attached hydrogens (primary N) is 1. The van der Waals surface area contributed by atoms with Gasteiger partial charge in [-0.15, -0.1) is 0 Å². The van der Waals surface area contributed by atoms with E-state index in [9.17, 15) is 0 Å². The molecule has 0 aromatic rings. The Hall–Kier alpha value is -0.610. The predicted molar refractivity (Wildman–Crippen MR) is 59.4 cm³/mol. The Balaban J connectivity index is 3.94. The smallest absolute Gasteiger partial charge is 0.127 e. The van der Waals surface area contributed by atoms with E-state index in [2.05, 4.69) is 5.32 Å². The van der Waals surface area contributed by atoms with Crippen molar-refractivity contribution in [2.75, 3.05) is 6.61 Å². The Morgan fingerprint density at radius 1 is 1.62 bits per heavy atom. The lowest BCUT2D eigenvalue weighted by Crippen LogP contribution is -2.34. The molecule has 0 radical (unpaired) electrons. The molecular formula is C9H18N2OS. The normalized spacial score (nSPS) is 13.9. The van der Waals surface area contributed by atoms with Gasteiger partial charge in [-0.2, -0.15) is 0 Å². The van der Waals surface area contributed by atoms with Gasteiger partial charge in [-0.25, -0.2) is 0 Å². The molecule has 0 aliphatic heterocycles. The van der Waals surface area contributed by atoms with Gasteiger partial charge in [0.25, 0.3) is 0 Å². The lowest BCUT2D eigenvalue weighted by atomic mass is 10.4. The van der Waals surface area contributed by atoms with Crippen LogP contribution in [0.4, 0.5) is 0 Å². The molecule has 13 heavy (non-hydrogen) atoms. The van der Waals surface area contributed by atoms with E-state index in [0.29, 0.717) is 17.3 Å². The van der Waals surface area contributed by atoms with Crippen LogP contribution in [-0.4, -0.2) is 17.8 Å².